The monoisotopic (exact) mass is 383 g/mol. The van der Waals surface area contributed by atoms with Gasteiger partial charge in [-0.3, -0.25) is 14.6 Å². The molecule has 1 amide bonds. The maximum atomic E-state index is 13.7. The Morgan fingerprint density at radius 1 is 1.18 bits per heavy atom. The van der Waals surface area contributed by atoms with Crippen LogP contribution in [0.1, 0.15) is 34.6 Å². The number of aromatic nitrogens is 4. The van der Waals surface area contributed by atoms with Gasteiger partial charge in [0.1, 0.15) is 5.82 Å². The third kappa shape index (κ3) is 3.85. The van der Waals surface area contributed by atoms with E-state index >= 15 is 0 Å². The molecule has 0 unspecified atom stereocenters. The highest BCUT2D eigenvalue weighted by Gasteiger charge is 2.17. The zero-order valence-electron chi connectivity index (χ0n) is 16.3. The smallest absolute Gasteiger partial charge is 0.255 e. The number of nitrogens with zero attached hydrogens (tertiary/aromatic N) is 3. The van der Waals surface area contributed by atoms with Crippen LogP contribution >= 0.6 is 0 Å². The summed E-state index contributed by atoms with van der Waals surface area (Å²) in [5.41, 5.74) is 3.59. The van der Waals surface area contributed by atoms with Crippen LogP contribution in [0.5, 0.6) is 0 Å². The fraction of sp³-hybridized carbons (Fsp3) is 0.300. The zero-order valence-corrected chi connectivity index (χ0v) is 16.3. The van der Waals surface area contributed by atoms with E-state index in [9.17, 15) is 14.0 Å². The lowest BCUT2D eigenvalue weighted by Gasteiger charge is -2.08. The molecule has 8 heteroatoms. The number of halogens is 1. The number of hydrogen-bond acceptors (Lipinski definition) is 4. The molecule has 2 aromatic heterocycles. The summed E-state index contributed by atoms with van der Waals surface area (Å²) in [4.78, 5) is 31.4. The van der Waals surface area contributed by atoms with Gasteiger partial charge in [-0.05, 0) is 51.8 Å². The number of aryl methyl sites for hydroxylation is 2. The van der Waals surface area contributed by atoms with Crippen molar-refractivity contribution >= 4 is 11.6 Å². The SMILES string of the molecule is Cc1nn(-c2nc(C)c(C)c(=O)[nH]2)c(C)c1CCC(=O)Nc1ccccc1F. The van der Waals surface area contributed by atoms with E-state index in [1.165, 1.54) is 12.1 Å². The van der Waals surface area contributed by atoms with Crippen molar-refractivity contribution in [2.45, 2.75) is 40.5 Å². The maximum absolute atomic E-state index is 13.7. The van der Waals surface area contributed by atoms with Gasteiger partial charge >= 0.3 is 0 Å². The Kier molecular flexibility index (Phi) is 5.39. The number of anilines is 1. The minimum atomic E-state index is -0.471. The second-order valence-corrected chi connectivity index (χ2v) is 6.69. The zero-order chi connectivity index (χ0) is 20.4. The van der Waals surface area contributed by atoms with E-state index in [-0.39, 0.29) is 23.6 Å². The van der Waals surface area contributed by atoms with Gasteiger partial charge in [-0.1, -0.05) is 12.1 Å². The normalized spacial score (nSPS) is 10.9. The fourth-order valence-electron chi connectivity index (χ4n) is 2.99. The molecule has 2 N–H and O–H groups in total. The topological polar surface area (TPSA) is 92.7 Å². The summed E-state index contributed by atoms with van der Waals surface area (Å²) in [6, 6.07) is 6.04. The molecule has 0 fully saturated rings. The van der Waals surface area contributed by atoms with Crippen LogP contribution in [0.15, 0.2) is 29.1 Å². The third-order valence-electron chi connectivity index (χ3n) is 4.77. The Labute approximate surface area is 161 Å². The standard InChI is InChI=1S/C20H22FN5O2/c1-11-12(2)22-20(24-19(11)28)26-14(4)15(13(3)25-26)9-10-18(27)23-17-8-6-5-7-16(17)21/h5-8H,9-10H2,1-4H3,(H,23,27)(H,22,24,28). The number of H-pyrrole nitrogens is 1. The second-order valence-electron chi connectivity index (χ2n) is 6.69. The molecule has 0 radical (unpaired) electrons. The van der Waals surface area contributed by atoms with Gasteiger partial charge in [0.2, 0.25) is 11.9 Å². The second kappa shape index (κ2) is 7.75. The summed E-state index contributed by atoms with van der Waals surface area (Å²) in [6.45, 7) is 7.19. The summed E-state index contributed by atoms with van der Waals surface area (Å²) in [6.07, 6.45) is 0.617. The van der Waals surface area contributed by atoms with Crippen LogP contribution in [-0.4, -0.2) is 25.7 Å². The fourth-order valence-corrected chi connectivity index (χ4v) is 2.99. The molecule has 28 heavy (non-hydrogen) atoms. The molecular weight excluding hydrogens is 361 g/mol. The molecular formula is C20H22FN5O2. The molecule has 0 aliphatic heterocycles. The summed E-state index contributed by atoms with van der Waals surface area (Å²) >= 11 is 0. The molecule has 146 valence electrons. The van der Waals surface area contributed by atoms with Crippen LogP contribution in [0, 0.1) is 33.5 Å². The summed E-state index contributed by atoms with van der Waals surface area (Å²) in [5.74, 6) is -0.411. The number of hydrogen-bond donors (Lipinski definition) is 2. The molecule has 0 saturated carbocycles. The predicted octanol–water partition coefficient (Wildman–Crippen LogP) is 2.90. The van der Waals surface area contributed by atoms with E-state index < -0.39 is 5.82 Å². The number of amides is 1. The van der Waals surface area contributed by atoms with Crippen LogP contribution in [-0.2, 0) is 11.2 Å². The first kappa shape index (κ1) is 19.5. The van der Waals surface area contributed by atoms with Gasteiger partial charge in [0, 0.05) is 23.4 Å². The van der Waals surface area contributed by atoms with E-state index in [4.69, 9.17) is 0 Å². The van der Waals surface area contributed by atoms with Gasteiger partial charge in [0.05, 0.1) is 11.4 Å². The molecule has 0 bridgehead atoms. The van der Waals surface area contributed by atoms with Crippen molar-refractivity contribution in [2.24, 2.45) is 0 Å². The molecule has 0 saturated heterocycles. The van der Waals surface area contributed by atoms with Gasteiger partial charge in [-0.2, -0.15) is 5.10 Å². The molecule has 0 spiro atoms. The number of nitrogens with one attached hydrogen (secondary N) is 2. The van der Waals surface area contributed by atoms with Gasteiger partial charge in [-0.15, -0.1) is 0 Å². The number of benzene rings is 1. The molecule has 0 aliphatic carbocycles. The van der Waals surface area contributed by atoms with Crippen LogP contribution in [0.2, 0.25) is 0 Å². The Morgan fingerprint density at radius 2 is 1.89 bits per heavy atom. The number of aromatic amines is 1. The molecule has 3 aromatic rings. The molecule has 2 heterocycles. The van der Waals surface area contributed by atoms with Crippen LogP contribution in [0.4, 0.5) is 10.1 Å². The van der Waals surface area contributed by atoms with Gasteiger partial charge in [0.25, 0.3) is 5.56 Å². The van der Waals surface area contributed by atoms with Crippen LogP contribution < -0.4 is 10.9 Å². The lowest BCUT2D eigenvalue weighted by Crippen LogP contribution is -2.18. The largest absolute Gasteiger partial charge is 0.324 e. The third-order valence-corrected chi connectivity index (χ3v) is 4.77. The van der Waals surface area contributed by atoms with Crippen LogP contribution in [0.3, 0.4) is 0 Å². The first-order valence-corrected chi connectivity index (χ1v) is 8.95. The lowest BCUT2D eigenvalue weighted by molar-refractivity contribution is -0.116. The summed E-state index contributed by atoms with van der Waals surface area (Å²) in [5, 5.41) is 7.04. The molecule has 7 nitrogen and oxygen atoms in total. The maximum Gasteiger partial charge on any atom is 0.255 e. The quantitative estimate of drug-likeness (QED) is 0.709. The van der Waals surface area contributed by atoms with Crippen LogP contribution in [0.25, 0.3) is 5.95 Å². The average molecular weight is 383 g/mol. The molecule has 3 rings (SSSR count). The molecule has 0 aliphatic rings. The van der Waals surface area contributed by atoms with Crippen molar-refractivity contribution in [3.05, 3.63) is 68.6 Å². The highest BCUT2D eigenvalue weighted by Crippen LogP contribution is 2.19. The predicted molar refractivity (Wildman–Crippen MR) is 104 cm³/mol. The lowest BCUT2D eigenvalue weighted by atomic mass is 10.1. The van der Waals surface area contributed by atoms with Crippen molar-refractivity contribution in [3.8, 4) is 5.95 Å². The van der Waals surface area contributed by atoms with Crippen molar-refractivity contribution in [3.63, 3.8) is 0 Å². The van der Waals surface area contributed by atoms with Gasteiger partial charge in [0.15, 0.2) is 0 Å². The van der Waals surface area contributed by atoms with E-state index in [2.05, 4.69) is 20.4 Å². The van der Waals surface area contributed by atoms with Crippen molar-refractivity contribution in [1.82, 2.24) is 19.7 Å². The average Bonchev–Trinajstić information content (AvgIpc) is 2.93. The first-order chi connectivity index (χ1) is 13.3. The Bertz CT molecular complexity index is 1100. The van der Waals surface area contributed by atoms with E-state index in [0.717, 1.165) is 17.0 Å². The Hall–Kier alpha value is -3.29. The number of rotatable bonds is 5. The van der Waals surface area contributed by atoms with Crippen molar-refractivity contribution in [2.75, 3.05) is 5.32 Å². The minimum Gasteiger partial charge on any atom is -0.324 e. The van der Waals surface area contributed by atoms with Crippen molar-refractivity contribution in [1.29, 1.82) is 0 Å². The Morgan fingerprint density at radius 3 is 2.57 bits per heavy atom. The van der Waals surface area contributed by atoms with E-state index in [1.807, 2.05) is 13.8 Å². The summed E-state index contributed by atoms with van der Waals surface area (Å²) in [7, 11) is 0. The Balaban J connectivity index is 1.78. The summed E-state index contributed by atoms with van der Waals surface area (Å²) < 4.78 is 15.2. The minimum absolute atomic E-state index is 0.161. The number of para-hydroxylation sites is 1. The van der Waals surface area contributed by atoms with Gasteiger partial charge < -0.3 is 5.32 Å². The highest BCUT2D eigenvalue weighted by atomic mass is 19.1. The van der Waals surface area contributed by atoms with E-state index in [0.29, 0.717) is 23.6 Å². The molecule has 0 atom stereocenters. The van der Waals surface area contributed by atoms with E-state index in [1.54, 1.807) is 30.7 Å². The van der Waals surface area contributed by atoms with Crippen molar-refractivity contribution < 1.29 is 9.18 Å². The first-order valence-electron chi connectivity index (χ1n) is 8.95. The highest BCUT2D eigenvalue weighted by molar-refractivity contribution is 5.90. The number of carbonyl (C=O) groups is 1. The van der Waals surface area contributed by atoms with Gasteiger partial charge in [-0.25, -0.2) is 14.1 Å². The number of carbonyl (C=O) groups excluding carboxylic acids is 1. The molecule has 1 aromatic carbocycles.